The van der Waals surface area contributed by atoms with Crippen molar-refractivity contribution in [2.45, 2.75) is 45.6 Å². The normalized spacial score (nSPS) is 11.8. The third-order valence-corrected chi connectivity index (χ3v) is 4.02. The predicted octanol–water partition coefficient (Wildman–Crippen LogP) is 3.61. The Kier molecular flexibility index (Phi) is 11.6. The van der Waals surface area contributed by atoms with Gasteiger partial charge in [-0.3, -0.25) is 4.99 Å². The zero-order valence-corrected chi connectivity index (χ0v) is 17.3. The number of aliphatic hydroxyl groups is 1. The maximum absolute atomic E-state index is 10.3. The van der Waals surface area contributed by atoms with Gasteiger partial charge in [-0.2, -0.15) is 0 Å². The molecule has 0 amide bonds. The molecule has 0 saturated heterocycles. The molecule has 0 aliphatic rings. The number of hydrogen-bond acceptors (Lipinski definition) is 2. The Morgan fingerprint density at radius 2 is 1.91 bits per heavy atom. The Hall–Kier alpha value is -0.530. The molecule has 0 fully saturated rings. The first-order valence-corrected chi connectivity index (χ1v) is 8.39. The van der Waals surface area contributed by atoms with Crippen molar-refractivity contribution in [3.8, 4) is 0 Å². The van der Waals surface area contributed by atoms with Gasteiger partial charge in [-0.05, 0) is 43.9 Å². The van der Waals surface area contributed by atoms with E-state index in [0.29, 0.717) is 19.4 Å². The zero-order valence-electron chi connectivity index (χ0n) is 14.2. The van der Waals surface area contributed by atoms with Gasteiger partial charge in [0.15, 0.2) is 5.96 Å². The second-order valence-electron chi connectivity index (χ2n) is 5.43. The van der Waals surface area contributed by atoms with Crippen molar-refractivity contribution in [1.29, 1.82) is 0 Å². The van der Waals surface area contributed by atoms with Crippen LogP contribution in [0.4, 0.5) is 0 Å². The van der Waals surface area contributed by atoms with Crippen molar-refractivity contribution < 1.29 is 5.11 Å². The molecular weight excluding hydrogens is 425 g/mol. The van der Waals surface area contributed by atoms with Crippen LogP contribution < -0.4 is 10.6 Å². The number of guanidine groups is 1. The van der Waals surface area contributed by atoms with Crippen LogP contribution in [-0.2, 0) is 6.42 Å². The summed E-state index contributed by atoms with van der Waals surface area (Å²) in [5, 5.41) is 17.6. The van der Waals surface area contributed by atoms with E-state index in [-0.39, 0.29) is 24.0 Å². The highest BCUT2D eigenvalue weighted by Crippen LogP contribution is 2.14. The summed E-state index contributed by atoms with van der Waals surface area (Å²) in [5.41, 5.74) is 0.476. The summed E-state index contributed by atoms with van der Waals surface area (Å²) in [7, 11) is 0. The Morgan fingerprint density at radius 1 is 1.22 bits per heavy atom. The molecule has 0 atom stereocenters. The van der Waals surface area contributed by atoms with Crippen LogP contribution in [-0.4, -0.2) is 36.3 Å². The average Bonchev–Trinajstić information content (AvgIpc) is 2.52. The smallest absolute Gasteiger partial charge is 0.191 e. The highest BCUT2D eigenvalue weighted by molar-refractivity contribution is 14.0. The van der Waals surface area contributed by atoms with E-state index in [1.54, 1.807) is 0 Å². The lowest BCUT2D eigenvalue weighted by Crippen LogP contribution is -2.40. The molecule has 0 aromatic heterocycles. The summed E-state index contributed by atoms with van der Waals surface area (Å²) in [6, 6.07) is 7.87. The van der Waals surface area contributed by atoms with Crippen LogP contribution in [0.25, 0.3) is 0 Å². The number of nitrogens with zero attached hydrogens (tertiary/aromatic N) is 1. The summed E-state index contributed by atoms with van der Waals surface area (Å²) in [6.45, 7) is 7.96. The Bertz CT molecular complexity index is 479. The number of hydrogen-bond donors (Lipinski definition) is 3. The number of nitrogens with one attached hydrogen (secondary N) is 2. The lowest BCUT2D eigenvalue weighted by Gasteiger charge is -2.23. The van der Waals surface area contributed by atoms with Crippen molar-refractivity contribution in [3.63, 3.8) is 0 Å². The molecule has 3 N–H and O–H groups in total. The van der Waals surface area contributed by atoms with Gasteiger partial charge < -0.3 is 15.7 Å². The van der Waals surface area contributed by atoms with Crippen molar-refractivity contribution >= 4 is 41.5 Å². The molecule has 132 valence electrons. The second kappa shape index (κ2) is 11.9. The van der Waals surface area contributed by atoms with Crippen LogP contribution in [0.15, 0.2) is 29.3 Å². The van der Waals surface area contributed by atoms with Gasteiger partial charge in [0.2, 0.25) is 0 Å². The van der Waals surface area contributed by atoms with E-state index in [2.05, 4.69) is 21.7 Å². The third-order valence-electron chi connectivity index (χ3n) is 3.79. The highest BCUT2D eigenvalue weighted by atomic mass is 127. The van der Waals surface area contributed by atoms with Gasteiger partial charge in [-0.1, -0.05) is 37.6 Å². The largest absolute Gasteiger partial charge is 0.388 e. The molecule has 23 heavy (non-hydrogen) atoms. The maximum atomic E-state index is 10.3. The van der Waals surface area contributed by atoms with Gasteiger partial charge in [0.1, 0.15) is 0 Å². The van der Waals surface area contributed by atoms with Gasteiger partial charge in [-0.25, -0.2) is 0 Å². The minimum atomic E-state index is -0.713. The molecular formula is C17H29ClIN3O. The van der Waals surface area contributed by atoms with E-state index < -0.39 is 5.60 Å². The summed E-state index contributed by atoms with van der Waals surface area (Å²) in [4.78, 5) is 4.49. The monoisotopic (exact) mass is 453 g/mol. The maximum Gasteiger partial charge on any atom is 0.191 e. The summed E-state index contributed by atoms with van der Waals surface area (Å²) < 4.78 is 0. The van der Waals surface area contributed by atoms with E-state index in [1.807, 2.05) is 39.0 Å². The summed E-state index contributed by atoms with van der Waals surface area (Å²) >= 11 is 5.98. The zero-order chi connectivity index (χ0) is 16.4. The highest BCUT2D eigenvalue weighted by Gasteiger charge is 2.21. The SMILES string of the molecule is CCNC(=NCC(O)(CC)CC)NCCc1cccc(Cl)c1.I. The minimum Gasteiger partial charge on any atom is -0.388 e. The lowest BCUT2D eigenvalue weighted by atomic mass is 9.98. The molecule has 0 aliphatic carbocycles. The molecule has 4 nitrogen and oxygen atoms in total. The summed E-state index contributed by atoms with van der Waals surface area (Å²) in [5.74, 6) is 0.741. The predicted molar refractivity (Wildman–Crippen MR) is 110 cm³/mol. The third kappa shape index (κ3) is 8.77. The van der Waals surface area contributed by atoms with E-state index in [1.165, 1.54) is 5.56 Å². The van der Waals surface area contributed by atoms with Gasteiger partial charge in [0, 0.05) is 18.1 Å². The standard InChI is InChI=1S/C17H28ClN3O.HI/c1-4-17(22,5-2)13-21-16(19-6-3)20-11-10-14-8-7-9-15(18)12-14;/h7-9,12,22H,4-6,10-11,13H2,1-3H3,(H2,19,20,21);1H. The number of rotatable bonds is 8. The van der Waals surface area contributed by atoms with Gasteiger partial charge in [-0.15, -0.1) is 24.0 Å². The fourth-order valence-electron chi connectivity index (χ4n) is 2.06. The molecule has 0 saturated carbocycles. The fourth-order valence-corrected chi connectivity index (χ4v) is 2.27. The Labute approximate surface area is 162 Å². The molecule has 1 aromatic rings. The second-order valence-corrected chi connectivity index (χ2v) is 5.87. The number of halogens is 2. The van der Waals surface area contributed by atoms with Gasteiger partial charge in [0.05, 0.1) is 12.1 Å². The van der Waals surface area contributed by atoms with E-state index in [4.69, 9.17) is 11.6 Å². The van der Waals surface area contributed by atoms with Crippen LogP contribution in [0.1, 0.15) is 39.2 Å². The first kappa shape index (κ1) is 22.5. The molecule has 0 spiro atoms. The molecule has 6 heteroatoms. The van der Waals surface area contributed by atoms with Crippen LogP contribution in [0, 0.1) is 0 Å². The van der Waals surface area contributed by atoms with Crippen LogP contribution in [0.3, 0.4) is 0 Å². The first-order chi connectivity index (χ1) is 10.5. The van der Waals surface area contributed by atoms with Crippen LogP contribution in [0.5, 0.6) is 0 Å². The van der Waals surface area contributed by atoms with Crippen molar-refractivity contribution in [2.24, 2.45) is 4.99 Å². The molecule has 0 unspecified atom stereocenters. The van der Waals surface area contributed by atoms with E-state index in [9.17, 15) is 5.11 Å². The van der Waals surface area contributed by atoms with Crippen molar-refractivity contribution in [3.05, 3.63) is 34.9 Å². The minimum absolute atomic E-state index is 0. The van der Waals surface area contributed by atoms with Gasteiger partial charge in [0.25, 0.3) is 0 Å². The van der Waals surface area contributed by atoms with Crippen molar-refractivity contribution in [1.82, 2.24) is 10.6 Å². The Morgan fingerprint density at radius 3 is 2.48 bits per heavy atom. The first-order valence-electron chi connectivity index (χ1n) is 8.02. The quantitative estimate of drug-likeness (QED) is 0.320. The lowest BCUT2D eigenvalue weighted by molar-refractivity contribution is 0.0418. The molecule has 0 radical (unpaired) electrons. The van der Waals surface area contributed by atoms with E-state index >= 15 is 0 Å². The topological polar surface area (TPSA) is 56.7 Å². The molecule has 0 bridgehead atoms. The molecule has 1 rings (SSSR count). The number of aliphatic imine (C=N–C) groups is 1. The molecule has 0 aliphatic heterocycles. The van der Waals surface area contributed by atoms with Crippen LogP contribution in [0.2, 0.25) is 5.02 Å². The van der Waals surface area contributed by atoms with E-state index in [0.717, 1.165) is 30.5 Å². The fraction of sp³-hybridized carbons (Fsp3) is 0.588. The summed E-state index contributed by atoms with van der Waals surface area (Å²) in [6.07, 6.45) is 2.28. The van der Waals surface area contributed by atoms with Crippen LogP contribution >= 0.6 is 35.6 Å². The Balaban J connectivity index is 0.00000484. The molecule has 0 heterocycles. The molecule has 1 aromatic carbocycles. The average molecular weight is 454 g/mol. The van der Waals surface area contributed by atoms with Gasteiger partial charge >= 0.3 is 0 Å². The number of benzene rings is 1. The van der Waals surface area contributed by atoms with Crippen molar-refractivity contribution in [2.75, 3.05) is 19.6 Å².